The maximum atomic E-state index is 12.5. The molecule has 8 nitrogen and oxygen atoms in total. The summed E-state index contributed by atoms with van der Waals surface area (Å²) in [7, 11) is -3.22. The van der Waals surface area contributed by atoms with Gasteiger partial charge in [0.05, 0.1) is 25.2 Å². The lowest BCUT2D eigenvalue weighted by Crippen LogP contribution is -2.46. The predicted octanol–water partition coefficient (Wildman–Crippen LogP) is 0.00932. The van der Waals surface area contributed by atoms with E-state index in [-0.39, 0.29) is 23.8 Å². The van der Waals surface area contributed by atoms with Crippen molar-refractivity contribution < 1.29 is 22.5 Å². The monoisotopic (exact) mass is 343 g/mol. The highest BCUT2D eigenvalue weighted by atomic mass is 32.2. The highest BCUT2D eigenvalue weighted by Gasteiger charge is 2.42. The van der Waals surface area contributed by atoms with Crippen LogP contribution < -0.4 is 4.72 Å². The zero-order valence-corrected chi connectivity index (χ0v) is 14.0. The summed E-state index contributed by atoms with van der Waals surface area (Å²) in [6, 6.07) is 0. The maximum absolute atomic E-state index is 12.5. The molecule has 128 valence electrons. The summed E-state index contributed by atoms with van der Waals surface area (Å²) in [5.74, 6) is 0.964. The zero-order chi connectivity index (χ0) is 16.6. The molecule has 0 aromatic carbocycles. The van der Waals surface area contributed by atoms with Crippen LogP contribution in [0.25, 0.3) is 0 Å². The topological polar surface area (TPSA) is 102 Å². The minimum absolute atomic E-state index is 0.0695. The van der Waals surface area contributed by atoms with E-state index in [2.05, 4.69) is 9.88 Å². The van der Waals surface area contributed by atoms with Gasteiger partial charge < -0.3 is 14.2 Å². The summed E-state index contributed by atoms with van der Waals surface area (Å²) >= 11 is 0. The fraction of sp³-hybridized carbons (Fsp3) is 0.714. The van der Waals surface area contributed by atoms with Crippen molar-refractivity contribution in [2.24, 2.45) is 11.8 Å². The van der Waals surface area contributed by atoms with Gasteiger partial charge in [-0.25, -0.2) is 13.1 Å². The number of aryl methyl sites for hydroxylation is 1. The van der Waals surface area contributed by atoms with Gasteiger partial charge in [0.25, 0.3) is 5.91 Å². The number of sulfonamides is 1. The molecule has 3 heterocycles. The van der Waals surface area contributed by atoms with Gasteiger partial charge in [-0.15, -0.1) is 0 Å². The molecule has 1 N–H and O–H groups in total. The molecule has 0 aliphatic carbocycles. The lowest BCUT2D eigenvalue weighted by Gasteiger charge is -2.35. The summed E-state index contributed by atoms with van der Waals surface area (Å²) in [6.07, 6.45) is 3.27. The van der Waals surface area contributed by atoms with Gasteiger partial charge in [-0.1, -0.05) is 5.16 Å². The Morgan fingerprint density at radius 1 is 1.52 bits per heavy atom. The average Bonchev–Trinajstić information content (AvgIpc) is 3.09. The fourth-order valence-electron chi connectivity index (χ4n) is 3.39. The van der Waals surface area contributed by atoms with Crippen molar-refractivity contribution in [2.75, 3.05) is 32.5 Å². The SMILES string of the molecule is Cc1oncc1C(=O)N1CC[C@H]2[C@H](CO[C@H]2CNS(C)(=O)=O)C1. The summed E-state index contributed by atoms with van der Waals surface area (Å²) in [5, 5.41) is 3.65. The average molecular weight is 343 g/mol. The Bertz CT molecular complexity index is 686. The van der Waals surface area contributed by atoms with Crippen LogP contribution in [0, 0.1) is 18.8 Å². The maximum Gasteiger partial charge on any atom is 0.259 e. The number of likely N-dealkylation sites (tertiary alicyclic amines) is 1. The van der Waals surface area contributed by atoms with Gasteiger partial charge in [-0.05, 0) is 19.3 Å². The van der Waals surface area contributed by atoms with Gasteiger partial charge in [0, 0.05) is 25.6 Å². The lowest BCUT2D eigenvalue weighted by atomic mass is 9.84. The normalized spacial score (nSPS) is 27.9. The number of nitrogens with zero attached hydrogens (tertiary/aromatic N) is 2. The Morgan fingerprint density at radius 3 is 2.96 bits per heavy atom. The van der Waals surface area contributed by atoms with E-state index < -0.39 is 10.0 Å². The largest absolute Gasteiger partial charge is 0.376 e. The van der Waals surface area contributed by atoms with Gasteiger partial charge in [0.1, 0.15) is 11.3 Å². The first-order valence-corrected chi connectivity index (χ1v) is 9.51. The van der Waals surface area contributed by atoms with Crippen LogP contribution in [-0.2, 0) is 14.8 Å². The van der Waals surface area contributed by atoms with Crippen LogP contribution >= 0.6 is 0 Å². The molecule has 3 atom stereocenters. The van der Waals surface area contributed by atoms with Gasteiger partial charge in [0.15, 0.2) is 0 Å². The number of aromatic nitrogens is 1. The number of carbonyl (C=O) groups is 1. The van der Waals surface area contributed by atoms with Crippen molar-refractivity contribution in [2.45, 2.75) is 19.4 Å². The first-order chi connectivity index (χ1) is 10.8. The Balaban J connectivity index is 1.60. The molecule has 0 spiro atoms. The number of piperidine rings is 1. The van der Waals surface area contributed by atoms with Crippen LogP contribution in [0.5, 0.6) is 0 Å². The fourth-order valence-corrected chi connectivity index (χ4v) is 3.86. The predicted molar refractivity (Wildman–Crippen MR) is 81.3 cm³/mol. The highest BCUT2D eigenvalue weighted by molar-refractivity contribution is 7.88. The van der Waals surface area contributed by atoms with Crippen molar-refractivity contribution in [3.8, 4) is 0 Å². The molecule has 9 heteroatoms. The van der Waals surface area contributed by atoms with Crippen molar-refractivity contribution in [3.63, 3.8) is 0 Å². The standard InChI is InChI=1S/C14H21N3O5S/c1-9-12(5-15-22-9)14(18)17-4-3-11-10(7-17)8-21-13(11)6-16-23(2,19)20/h5,10-11,13,16H,3-4,6-8H2,1-2H3/t10-,11-,13-/m0/s1. The molecule has 0 unspecified atom stereocenters. The molecule has 2 fully saturated rings. The number of hydrogen-bond acceptors (Lipinski definition) is 6. The molecule has 2 aliphatic rings. The van der Waals surface area contributed by atoms with Crippen molar-refractivity contribution in [1.29, 1.82) is 0 Å². The minimum Gasteiger partial charge on any atom is -0.376 e. The van der Waals surface area contributed by atoms with E-state index in [0.29, 0.717) is 37.6 Å². The molecule has 2 saturated heterocycles. The summed E-state index contributed by atoms with van der Waals surface area (Å²) in [4.78, 5) is 14.3. The van der Waals surface area contributed by atoms with E-state index in [0.717, 1.165) is 12.7 Å². The van der Waals surface area contributed by atoms with E-state index in [4.69, 9.17) is 9.26 Å². The van der Waals surface area contributed by atoms with Crippen LogP contribution in [0.15, 0.2) is 10.7 Å². The van der Waals surface area contributed by atoms with Gasteiger partial charge >= 0.3 is 0 Å². The molecule has 3 rings (SSSR count). The Hall–Kier alpha value is -1.45. The molecule has 0 bridgehead atoms. The van der Waals surface area contributed by atoms with Crippen LogP contribution in [0.2, 0.25) is 0 Å². The Labute approximate surface area is 135 Å². The smallest absolute Gasteiger partial charge is 0.259 e. The third kappa shape index (κ3) is 3.56. The van der Waals surface area contributed by atoms with Crippen molar-refractivity contribution in [1.82, 2.24) is 14.8 Å². The number of amides is 1. The van der Waals surface area contributed by atoms with Crippen LogP contribution in [0.3, 0.4) is 0 Å². The number of hydrogen-bond donors (Lipinski definition) is 1. The molecular weight excluding hydrogens is 322 g/mol. The first kappa shape index (κ1) is 16.4. The molecule has 23 heavy (non-hydrogen) atoms. The van der Waals surface area contributed by atoms with Gasteiger partial charge in [0.2, 0.25) is 10.0 Å². The van der Waals surface area contributed by atoms with E-state index in [1.54, 1.807) is 11.8 Å². The molecule has 1 aromatic heterocycles. The van der Waals surface area contributed by atoms with Gasteiger partial charge in [-0.3, -0.25) is 4.79 Å². The van der Waals surface area contributed by atoms with E-state index >= 15 is 0 Å². The van der Waals surface area contributed by atoms with Crippen LogP contribution in [0.4, 0.5) is 0 Å². The second kappa shape index (κ2) is 6.21. The van der Waals surface area contributed by atoms with Crippen LogP contribution in [0.1, 0.15) is 22.5 Å². The number of rotatable bonds is 4. The van der Waals surface area contributed by atoms with E-state index in [1.165, 1.54) is 6.20 Å². The van der Waals surface area contributed by atoms with Crippen LogP contribution in [-0.4, -0.2) is 63.0 Å². The second-order valence-electron chi connectivity index (χ2n) is 6.25. The Kier molecular flexibility index (Phi) is 4.43. The molecule has 0 radical (unpaired) electrons. The second-order valence-corrected chi connectivity index (χ2v) is 8.08. The van der Waals surface area contributed by atoms with Gasteiger partial charge in [-0.2, -0.15) is 0 Å². The third-order valence-electron chi connectivity index (χ3n) is 4.61. The molecule has 0 saturated carbocycles. The third-order valence-corrected chi connectivity index (χ3v) is 5.30. The first-order valence-electron chi connectivity index (χ1n) is 7.62. The summed E-state index contributed by atoms with van der Waals surface area (Å²) in [6.45, 7) is 3.80. The number of fused-ring (bicyclic) bond motifs is 1. The quantitative estimate of drug-likeness (QED) is 0.826. The molecule has 2 aliphatic heterocycles. The molecule has 1 aromatic rings. The number of carbonyl (C=O) groups excluding carboxylic acids is 1. The number of ether oxygens (including phenoxy) is 1. The minimum atomic E-state index is -3.22. The number of nitrogens with one attached hydrogen (secondary N) is 1. The molecule has 1 amide bonds. The lowest BCUT2D eigenvalue weighted by molar-refractivity contribution is 0.0615. The Morgan fingerprint density at radius 2 is 2.30 bits per heavy atom. The van der Waals surface area contributed by atoms with E-state index in [9.17, 15) is 13.2 Å². The molecular formula is C14H21N3O5S. The summed E-state index contributed by atoms with van der Waals surface area (Å²) < 4.78 is 35.6. The van der Waals surface area contributed by atoms with Crippen molar-refractivity contribution >= 4 is 15.9 Å². The van der Waals surface area contributed by atoms with E-state index in [1.807, 2.05) is 0 Å². The summed E-state index contributed by atoms with van der Waals surface area (Å²) in [5.41, 5.74) is 0.498. The van der Waals surface area contributed by atoms with Crippen molar-refractivity contribution in [3.05, 3.63) is 17.5 Å². The highest BCUT2D eigenvalue weighted by Crippen LogP contribution is 2.34. The zero-order valence-electron chi connectivity index (χ0n) is 13.2.